The van der Waals surface area contributed by atoms with Crippen molar-refractivity contribution in [2.24, 2.45) is 5.73 Å². The summed E-state index contributed by atoms with van der Waals surface area (Å²) in [5.74, 6) is -0.968. The van der Waals surface area contributed by atoms with Gasteiger partial charge in [0.05, 0.1) is 28.9 Å². The predicted molar refractivity (Wildman–Crippen MR) is 110 cm³/mol. The van der Waals surface area contributed by atoms with E-state index in [0.717, 1.165) is 29.4 Å². The van der Waals surface area contributed by atoms with Crippen molar-refractivity contribution in [2.45, 2.75) is 18.5 Å². The van der Waals surface area contributed by atoms with Crippen LogP contribution < -0.4 is 16.6 Å². The molecule has 0 radical (unpaired) electrons. The maximum absolute atomic E-state index is 13.2. The molecule has 3 N–H and O–H groups in total. The summed E-state index contributed by atoms with van der Waals surface area (Å²) in [5, 5.41) is 3.36. The number of amides is 2. The van der Waals surface area contributed by atoms with Crippen LogP contribution in [-0.2, 0) is 16.0 Å². The van der Waals surface area contributed by atoms with Gasteiger partial charge in [-0.3, -0.25) is 19.0 Å². The van der Waals surface area contributed by atoms with Crippen LogP contribution in [0.15, 0.2) is 58.5 Å². The number of hydrogen-bond donors (Lipinski definition) is 2. The Labute approximate surface area is 166 Å². The first-order valence-corrected chi connectivity index (χ1v) is 9.77. The van der Waals surface area contributed by atoms with Crippen LogP contribution in [0.5, 0.6) is 0 Å². The number of nitrogens with one attached hydrogen (secondary N) is 1. The number of fused-ring (bicyclic) bond motifs is 1. The lowest BCUT2D eigenvalue weighted by Gasteiger charge is -2.15. The topological polar surface area (TPSA) is 107 Å². The van der Waals surface area contributed by atoms with Gasteiger partial charge in [-0.15, -0.1) is 0 Å². The fourth-order valence-corrected chi connectivity index (χ4v) is 3.65. The van der Waals surface area contributed by atoms with Crippen molar-refractivity contribution < 1.29 is 9.59 Å². The average molecular weight is 396 g/mol. The second-order valence-corrected chi connectivity index (χ2v) is 7.01. The van der Waals surface area contributed by atoms with Crippen molar-refractivity contribution in [3.63, 3.8) is 0 Å². The maximum atomic E-state index is 13.2. The van der Waals surface area contributed by atoms with Gasteiger partial charge in [0.2, 0.25) is 11.8 Å². The number of primary amides is 1. The minimum absolute atomic E-state index is 0.00630. The van der Waals surface area contributed by atoms with Crippen molar-refractivity contribution in [3.05, 3.63) is 64.4 Å². The molecular formula is C20H20N4O3S. The zero-order valence-electron chi connectivity index (χ0n) is 15.3. The lowest BCUT2D eigenvalue weighted by Crippen LogP contribution is -2.34. The van der Waals surface area contributed by atoms with E-state index in [1.54, 1.807) is 22.8 Å². The molecule has 28 heavy (non-hydrogen) atoms. The van der Waals surface area contributed by atoms with Crippen LogP contribution in [0.1, 0.15) is 12.5 Å². The summed E-state index contributed by atoms with van der Waals surface area (Å²) in [7, 11) is 0. The number of aryl methyl sites for hydroxylation is 1. The SMILES string of the molecule is CCc1ccccc1-n1c(SCC(=O)NCC(N)=O)nc2ccccc2c1=O. The highest BCUT2D eigenvalue weighted by molar-refractivity contribution is 7.99. The van der Waals surface area contributed by atoms with Crippen molar-refractivity contribution in [1.82, 2.24) is 14.9 Å². The number of nitrogens with two attached hydrogens (primary N) is 1. The molecule has 144 valence electrons. The molecule has 2 aromatic carbocycles. The van der Waals surface area contributed by atoms with Crippen LogP contribution >= 0.6 is 11.8 Å². The van der Waals surface area contributed by atoms with E-state index in [2.05, 4.69) is 10.3 Å². The summed E-state index contributed by atoms with van der Waals surface area (Å²) < 4.78 is 1.55. The van der Waals surface area contributed by atoms with E-state index >= 15 is 0 Å². The molecule has 3 aromatic rings. The highest BCUT2D eigenvalue weighted by Crippen LogP contribution is 2.23. The molecular weight excluding hydrogens is 376 g/mol. The van der Waals surface area contributed by atoms with Gasteiger partial charge in [0, 0.05) is 0 Å². The molecule has 0 fully saturated rings. The second-order valence-electron chi connectivity index (χ2n) is 6.07. The van der Waals surface area contributed by atoms with E-state index in [9.17, 15) is 14.4 Å². The van der Waals surface area contributed by atoms with Gasteiger partial charge >= 0.3 is 0 Å². The predicted octanol–water partition coefficient (Wildman–Crippen LogP) is 1.64. The third kappa shape index (κ3) is 4.23. The Morgan fingerprint density at radius 2 is 1.86 bits per heavy atom. The Hall–Kier alpha value is -3.13. The molecule has 0 aliphatic carbocycles. The molecule has 8 heteroatoms. The molecule has 0 saturated carbocycles. The van der Waals surface area contributed by atoms with Crippen LogP contribution in [0.2, 0.25) is 0 Å². The van der Waals surface area contributed by atoms with E-state index < -0.39 is 5.91 Å². The van der Waals surface area contributed by atoms with Crippen molar-refractivity contribution in [2.75, 3.05) is 12.3 Å². The molecule has 0 saturated heterocycles. The van der Waals surface area contributed by atoms with Gasteiger partial charge in [0.25, 0.3) is 5.56 Å². The number of carbonyl (C=O) groups is 2. The van der Waals surface area contributed by atoms with Crippen molar-refractivity contribution >= 4 is 34.5 Å². The molecule has 7 nitrogen and oxygen atoms in total. The average Bonchev–Trinajstić information content (AvgIpc) is 2.71. The summed E-state index contributed by atoms with van der Waals surface area (Å²) >= 11 is 1.14. The minimum Gasteiger partial charge on any atom is -0.368 e. The van der Waals surface area contributed by atoms with Crippen LogP contribution in [0, 0.1) is 0 Å². The largest absolute Gasteiger partial charge is 0.368 e. The van der Waals surface area contributed by atoms with Gasteiger partial charge in [-0.25, -0.2) is 4.98 Å². The number of thioether (sulfide) groups is 1. The first-order chi connectivity index (χ1) is 13.5. The lowest BCUT2D eigenvalue weighted by molar-refractivity contribution is -0.123. The summed E-state index contributed by atoms with van der Waals surface area (Å²) in [6, 6.07) is 14.7. The number of aromatic nitrogens is 2. The molecule has 1 aromatic heterocycles. The van der Waals surface area contributed by atoms with Gasteiger partial charge in [0.1, 0.15) is 0 Å². The summed E-state index contributed by atoms with van der Waals surface area (Å²) in [6.07, 6.45) is 0.749. The number of nitrogens with zero attached hydrogens (tertiary/aromatic N) is 2. The number of benzene rings is 2. The first-order valence-electron chi connectivity index (χ1n) is 8.79. The van der Waals surface area contributed by atoms with Crippen LogP contribution in [-0.4, -0.2) is 33.7 Å². The smallest absolute Gasteiger partial charge is 0.266 e. The van der Waals surface area contributed by atoms with Gasteiger partial charge < -0.3 is 11.1 Å². The Bertz CT molecular complexity index is 1090. The molecule has 0 atom stereocenters. The molecule has 2 amide bonds. The maximum Gasteiger partial charge on any atom is 0.266 e. The quantitative estimate of drug-likeness (QED) is 0.466. The lowest BCUT2D eigenvalue weighted by atomic mass is 10.1. The number of rotatable bonds is 7. The third-order valence-electron chi connectivity index (χ3n) is 4.15. The minimum atomic E-state index is -0.615. The fourth-order valence-electron chi connectivity index (χ4n) is 2.82. The molecule has 0 aliphatic heterocycles. The Morgan fingerprint density at radius 3 is 2.61 bits per heavy atom. The zero-order valence-corrected chi connectivity index (χ0v) is 16.2. The molecule has 0 aliphatic rings. The summed E-state index contributed by atoms with van der Waals surface area (Å²) in [5.41, 5.74) is 7.17. The van der Waals surface area contributed by atoms with E-state index in [1.165, 1.54) is 0 Å². The molecule has 0 bridgehead atoms. The van der Waals surface area contributed by atoms with Crippen LogP contribution in [0.25, 0.3) is 16.6 Å². The first kappa shape index (κ1) is 19.6. The van der Waals surface area contributed by atoms with Crippen LogP contribution in [0.4, 0.5) is 0 Å². The Kier molecular flexibility index (Phi) is 6.10. The van der Waals surface area contributed by atoms with Gasteiger partial charge in [-0.1, -0.05) is 49.0 Å². The van der Waals surface area contributed by atoms with Gasteiger partial charge in [-0.05, 0) is 30.2 Å². The monoisotopic (exact) mass is 396 g/mol. The van der Waals surface area contributed by atoms with Gasteiger partial charge in [0.15, 0.2) is 5.16 Å². The molecule has 1 heterocycles. The third-order valence-corrected chi connectivity index (χ3v) is 5.09. The summed E-state index contributed by atoms with van der Waals surface area (Å²) in [6.45, 7) is 1.79. The highest BCUT2D eigenvalue weighted by Gasteiger charge is 2.16. The highest BCUT2D eigenvalue weighted by atomic mass is 32.2. The normalized spacial score (nSPS) is 10.8. The fraction of sp³-hybridized carbons (Fsp3) is 0.200. The number of hydrogen-bond acceptors (Lipinski definition) is 5. The Balaban J connectivity index is 2.06. The Morgan fingerprint density at radius 1 is 1.14 bits per heavy atom. The van der Waals surface area contributed by atoms with E-state index in [0.29, 0.717) is 16.1 Å². The molecule has 3 rings (SSSR count). The van der Waals surface area contributed by atoms with E-state index in [4.69, 9.17) is 5.73 Å². The zero-order chi connectivity index (χ0) is 20.1. The van der Waals surface area contributed by atoms with Gasteiger partial charge in [-0.2, -0.15) is 0 Å². The van der Waals surface area contributed by atoms with Crippen molar-refractivity contribution in [3.8, 4) is 5.69 Å². The molecule has 0 spiro atoms. The second kappa shape index (κ2) is 8.71. The molecule has 0 unspecified atom stereocenters. The van der Waals surface area contributed by atoms with Crippen LogP contribution in [0.3, 0.4) is 0 Å². The van der Waals surface area contributed by atoms with Crippen molar-refractivity contribution in [1.29, 1.82) is 0 Å². The van der Waals surface area contributed by atoms with E-state index in [-0.39, 0.29) is 23.8 Å². The number of carbonyl (C=O) groups excluding carboxylic acids is 2. The summed E-state index contributed by atoms with van der Waals surface area (Å²) in [4.78, 5) is 40.6. The number of para-hydroxylation sites is 2. The standard InChI is InChI=1S/C20H20N4O3S/c1-2-13-7-3-6-10-16(13)24-19(27)14-8-4-5-9-15(14)23-20(24)28-12-18(26)22-11-17(21)25/h3-10H,2,11-12H2,1H3,(H2,21,25)(H,22,26). The van der Waals surface area contributed by atoms with E-state index in [1.807, 2.05) is 37.3 Å².